The molecule has 25 heavy (non-hydrogen) atoms. The fraction of sp³-hybridized carbons (Fsp3) is 0.647. The van der Waals surface area contributed by atoms with Gasteiger partial charge in [-0.05, 0) is 33.2 Å². The Hall–Kier alpha value is -2.06. The number of likely N-dealkylation sites (tertiary alicyclic amines) is 1. The summed E-state index contributed by atoms with van der Waals surface area (Å²) in [6.45, 7) is 6.30. The standard InChI is InChI=1S/C17H27N7O/c1-13(2)24-11-15(20-21-24)17(25)6-5-7-23(12-17)10-14-8-18-16(19-9-14)22(3)4/h8-9,11,13,25H,5-7,10,12H2,1-4H3/t17-/m1/s1. The van der Waals surface area contributed by atoms with Crippen molar-refractivity contribution in [1.82, 2.24) is 29.9 Å². The van der Waals surface area contributed by atoms with Gasteiger partial charge in [-0.15, -0.1) is 5.10 Å². The van der Waals surface area contributed by atoms with Crippen LogP contribution in [-0.4, -0.2) is 62.2 Å². The van der Waals surface area contributed by atoms with Gasteiger partial charge in [-0.25, -0.2) is 14.6 Å². The number of hydrogen-bond donors (Lipinski definition) is 1. The van der Waals surface area contributed by atoms with Crippen molar-refractivity contribution in [3.63, 3.8) is 0 Å². The fourth-order valence-corrected chi connectivity index (χ4v) is 3.13. The van der Waals surface area contributed by atoms with Crippen LogP contribution in [0.3, 0.4) is 0 Å². The van der Waals surface area contributed by atoms with E-state index >= 15 is 0 Å². The minimum Gasteiger partial charge on any atom is -0.382 e. The summed E-state index contributed by atoms with van der Waals surface area (Å²) in [5.41, 5.74) is 0.751. The molecule has 0 saturated carbocycles. The molecule has 0 unspecified atom stereocenters. The van der Waals surface area contributed by atoms with Crippen molar-refractivity contribution in [2.24, 2.45) is 0 Å². The van der Waals surface area contributed by atoms with E-state index in [0.29, 0.717) is 31.2 Å². The van der Waals surface area contributed by atoms with Gasteiger partial charge in [-0.2, -0.15) is 0 Å². The van der Waals surface area contributed by atoms with Crippen molar-refractivity contribution in [2.45, 2.75) is 44.9 Å². The number of rotatable bonds is 5. The number of aliphatic hydroxyl groups is 1. The lowest BCUT2D eigenvalue weighted by Crippen LogP contribution is -2.46. The third kappa shape index (κ3) is 3.96. The quantitative estimate of drug-likeness (QED) is 0.872. The van der Waals surface area contributed by atoms with E-state index in [1.807, 2.05) is 51.4 Å². The molecular weight excluding hydrogens is 318 g/mol. The Morgan fingerprint density at radius 2 is 2.00 bits per heavy atom. The smallest absolute Gasteiger partial charge is 0.224 e. The monoisotopic (exact) mass is 345 g/mol. The second kappa shape index (κ2) is 7.05. The van der Waals surface area contributed by atoms with E-state index in [1.54, 1.807) is 4.68 Å². The van der Waals surface area contributed by atoms with Gasteiger partial charge in [0, 0.05) is 51.2 Å². The Balaban J connectivity index is 1.69. The van der Waals surface area contributed by atoms with Crippen LogP contribution in [0, 0.1) is 0 Å². The Morgan fingerprint density at radius 1 is 1.28 bits per heavy atom. The predicted octanol–water partition coefficient (Wildman–Crippen LogP) is 1.20. The molecule has 3 heterocycles. The van der Waals surface area contributed by atoms with Crippen LogP contribution in [0.4, 0.5) is 5.95 Å². The molecule has 1 aliphatic heterocycles. The van der Waals surface area contributed by atoms with Crippen molar-refractivity contribution in [2.75, 3.05) is 32.1 Å². The number of aromatic nitrogens is 5. The van der Waals surface area contributed by atoms with Gasteiger partial charge >= 0.3 is 0 Å². The number of hydrogen-bond acceptors (Lipinski definition) is 7. The normalized spacial score (nSPS) is 21.7. The van der Waals surface area contributed by atoms with Gasteiger partial charge in [0.2, 0.25) is 5.95 Å². The summed E-state index contributed by atoms with van der Waals surface area (Å²) in [6, 6.07) is 0.233. The van der Waals surface area contributed by atoms with Crippen LogP contribution in [0.5, 0.6) is 0 Å². The van der Waals surface area contributed by atoms with Crippen molar-refractivity contribution >= 4 is 5.95 Å². The Morgan fingerprint density at radius 3 is 2.60 bits per heavy atom. The Bertz CT molecular complexity index is 697. The highest BCUT2D eigenvalue weighted by molar-refractivity contribution is 5.26. The lowest BCUT2D eigenvalue weighted by atomic mass is 9.90. The number of anilines is 1. The minimum absolute atomic E-state index is 0.233. The molecule has 2 aromatic heterocycles. The number of β-amino-alcohol motifs (C(OH)–C–C–N with tert-alkyl or cyclic N) is 1. The van der Waals surface area contributed by atoms with Crippen molar-refractivity contribution in [3.8, 4) is 0 Å². The average molecular weight is 345 g/mol. The lowest BCUT2D eigenvalue weighted by Gasteiger charge is -2.37. The van der Waals surface area contributed by atoms with Gasteiger partial charge in [0.25, 0.3) is 0 Å². The molecule has 1 atom stereocenters. The van der Waals surface area contributed by atoms with E-state index < -0.39 is 5.60 Å². The third-order valence-corrected chi connectivity index (χ3v) is 4.56. The highest BCUT2D eigenvalue weighted by atomic mass is 16.3. The first kappa shape index (κ1) is 17.8. The Labute approximate surface area is 148 Å². The van der Waals surface area contributed by atoms with E-state index in [1.165, 1.54) is 0 Å². The van der Waals surface area contributed by atoms with Gasteiger partial charge in [0.15, 0.2) is 0 Å². The van der Waals surface area contributed by atoms with Crippen molar-refractivity contribution in [3.05, 3.63) is 29.8 Å². The average Bonchev–Trinajstić information content (AvgIpc) is 3.06. The summed E-state index contributed by atoms with van der Waals surface area (Å²) in [6.07, 6.45) is 7.19. The van der Waals surface area contributed by atoms with Gasteiger partial charge in [-0.1, -0.05) is 5.21 Å². The molecule has 2 aromatic rings. The maximum Gasteiger partial charge on any atom is 0.224 e. The third-order valence-electron chi connectivity index (χ3n) is 4.56. The highest BCUT2D eigenvalue weighted by Gasteiger charge is 2.37. The molecule has 0 bridgehead atoms. The van der Waals surface area contributed by atoms with E-state index in [2.05, 4.69) is 25.2 Å². The predicted molar refractivity (Wildman–Crippen MR) is 95.2 cm³/mol. The molecule has 1 fully saturated rings. The van der Waals surface area contributed by atoms with E-state index in [0.717, 1.165) is 18.5 Å². The van der Waals surface area contributed by atoms with Crippen LogP contribution in [0.15, 0.2) is 18.6 Å². The summed E-state index contributed by atoms with van der Waals surface area (Å²) >= 11 is 0. The first-order chi connectivity index (χ1) is 11.9. The van der Waals surface area contributed by atoms with Crippen LogP contribution < -0.4 is 4.90 Å². The second-order valence-corrected chi connectivity index (χ2v) is 7.31. The summed E-state index contributed by atoms with van der Waals surface area (Å²) in [4.78, 5) is 12.8. The molecule has 0 aromatic carbocycles. The molecule has 0 amide bonds. The van der Waals surface area contributed by atoms with Crippen LogP contribution in [0.1, 0.15) is 44.0 Å². The maximum atomic E-state index is 11.1. The molecule has 1 saturated heterocycles. The molecule has 0 spiro atoms. The second-order valence-electron chi connectivity index (χ2n) is 7.31. The van der Waals surface area contributed by atoms with Crippen molar-refractivity contribution < 1.29 is 5.11 Å². The largest absolute Gasteiger partial charge is 0.382 e. The summed E-state index contributed by atoms with van der Waals surface area (Å²) < 4.78 is 1.79. The number of piperidine rings is 1. The van der Waals surface area contributed by atoms with E-state index in [-0.39, 0.29) is 6.04 Å². The molecule has 8 heteroatoms. The van der Waals surface area contributed by atoms with Gasteiger partial charge in [0.1, 0.15) is 11.3 Å². The molecule has 3 rings (SSSR count). The summed E-state index contributed by atoms with van der Waals surface area (Å²) in [5.74, 6) is 0.698. The molecule has 1 aliphatic rings. The maximum absolute atomic E-state index is 11.1. The first-order valence-corrected chi connectivity index (χ1v) is 8.73. The van der Waals surface area contributed by atoms with Crippen molar-refractivity contribution in [1.29, 1.82) is 0 Å². The summed E-state index contributed by atoms with van der Waals surface area (Å²) in [5, 5.41) is 19.5. The van der Waals surface area contributed by atoms with Crippen LogP contribution in [-0.2, 0) is 12.1 Å². The SMILES string of the molecule is CC(C)n1cc([C@@]2(O)CCCN(Cc3cnc(N(C)C)nc3)C2)nn1. The van der Waals surface area contributed by atoms with Crippen LogP contribution in [0.2, 0.25) is 0 Å². The molecular formula is C17H27N7O. The van der Waals surface area contributed by atoms with Crippen LogP contribution >= 0.6 is 0 Å². The topological polar surface area (TPSA) is 83.2 Å². The minimum atomic E-state index is -0.949. The van der Waals surface area contributed by atoms with Gasteiger partial charge in [-0.3, -0.25) is 4.90 Å². The molecule has 1 N–H and O–H groups in total. The molecule has 0 aliphatic carbocycles. The zero-order valence-corrected chi connectivity index (χ0v) is 15.4. The molecule has 136 valence electrons. The summed E-state index contributed by atoms with van der Waals surface area (Å²) in [7, 11) is 3.84. The molecule has 0 radical (unpaired) electrons. The number of nitrogens with zero attached hydrogens (tertiary/aromatic N) is 7. The molecule has 8 nitrogen and oxygen atoms in total. The van der Waals surface area contributed by atoms with Gasteiger partial charge < -0.3 is 10.0 Å². The lowest BCUT2D eigenvalue weighted by molar-refractivity contribution is -0.0415. The Kier molecular flexibility index (Phi) is 5.01. The van der Waals surface area contributed by atoms with Crippen LogP contribution in [0.25, 0.3) is 0 Å². The zero-order chi connectivity index (χ0) is 18.0. The first-order valence-electron chi connectivity index (χ1n) is 8.73. The highest BCUT2D eigenvalue weighted by Crippen LogP contribution is 2.31. The van der Waals surface area contributed by atoms with Gasteiger partial charge in [0.05, 0.1) is 6.20 Å². The fourth-order valence-electron chi connectivity index (χ4n) is 3.13. The van der Waals surface area contributed by atoms with E-state index in [4.69, 9.17) is 0 Å². The van der Waals surface area contributed by atoms with E-state index in [9.17, 15) is 5.11 Å². The zero-order valence-electron chi connectivity index (χ0n) is 15.4.